The van der Waals surface area contributed by atoms with Crippen LogP contribution >= 0.6 is 0 Å². The standard InChI is InChI=1S/C23H20N2O4/c1-14-9-19-18(12-25(13-27-19)11-16-5-3-4-8-24-16)23-21(14)22(26)20(29-23)10-17-7-6-15(2)28-17/h3-10H,11-13H2,1-2H3/b20-10-. The molecular formula is C23H20N2O4. The third kappa shape index (κ3) is 3.21. The first kappa shape index (κ1) is 17.7. The molecule has 2 aliphatic rings. The molecule has 0 aliphatic carbocycles. The van der Waals surface area contributed by atoms with E-state index in [0.29, 0.717) is 36.9 Å². The third-order valence-electron chi connectivity index (χ3n) is 5.13. The molecule has 29 heavy (non-hydrogen) atoms. The number of hydrogen-bond acceptors (Lipinski definition) is 6. The maximum Gasteiger partial charge on any atom is 0.232 e. The van der Waals surface area contributed by atoms with E-state index in [1.807, 2.05) is 50.2 Å². The van der Waals surface area contributed by atoms with E-state index in [0.717, 1.165) is 28.3 Å². The first-order valence-corrected chi connectivity index (χ1v) is 9.51. The molecule has 0 saturated heterocycles. The fourth-order valence-electron chi connectivity index (χ4n) is 3.76. The summed E-state index contributed by atoms with van der Waals surface area (Å²) in [4.78, 5) is 19.5. The van der Waals surface area contributed by atoms with Gasteiger partial charge in [-0.1, -0.05) is 6.07 Å². The zero-order valence-electron chi connectivity index (χ0n) is 16.3. The van der Waals surface area contributed by atoms with Gasteiger partial charge in [0.15, 0.2) is 5.76 Å². The van der Waals surface area contributed by atoms with Crippen molar-refractivity contribution in [2.45, 2.75) is 26.9 Å². The van der Waals surface area contributed by atoms with Gasteiger partial charge in [-0.05, 0) is 49.7 Å². The zero-order valence-corrected chi connectivity index (χ0v) is 16.3. The smallest absolute Gasteiger partial charge is 0.232 e. The lowest BCUT2D eigenvalue weighted by molar-refractivity contribution is 0.0861. The summed E-state index contributed by atoms with van der Waals surface area (Å²) in [5.41, 5.74) is 3.30. The molecule has 1 aromatic carbocycles. The van der Waals surface area contributed by atoms with Gasteiger partial charge in [0.2, 0.25) is 5.78 Å². The lowest BCUT2D eigenvalue weighted by atomic mass is 9.99. The number of ether oxygens (including phenoxy) is 2. The topological polar surface area (TPSA) is 64.8 Å². The number of fused-ring (bicyclic) bond motifs is 3. The van der Waals surface area contributed by atoms with E-state index in [9.17, 15) is 4.79 Å². The molecule has 0 radical (unpaired) electrons. The summed E-state index contributed by atoms with van der Waals surface area (Å²) in [6.07, 6.45) is 3.43. The van der Waals surface area contributed by atoms with E-state index in [1.165, 1.54) is 0 Å². The number of rotatable bonds is 3. The van der Waals surface area contributed by atoms with Crippen molar-refractivity contribution in [2.75, 3.05) is 6.73 Å². The highest BCUT2D eigenvalue weighted by Gasteiger charge is 2.35. The summed E-state index contributed by atoms with van der Waals surface area (Å²) < 4.78 is 17.6. The molecule has 0 bridgehead atoms. The minimum atomic E-state index is -0.129. The van der Waals surface area contributed by atoms with Crippen LogP contribution < -0.4 is 9.47 Å². The molecule has 0 amide bonds. The first-order valence-electron chi connectivity index (χ1n) is 9.51. The monoisotopic (exact) mass is 388 g/mol. The predicted octanol–water partition coefficient (Wildman–Crippen LogP) is 4.26. The Morgan fingerprint density at radius 2 is 2.10 bits per heavy atom. The molecule has 146 valence electrons. The SMILES string of the molecule is Cc1ccc(/C=C2\Oc3c4c(cc(C)c3C2=O)OCN(Cc2ccccn2)C4)o1. The van der Waals surface area contributed by atoms with Gasteiger partial charge in [0, 0.05) is 25.4 Å². The van der Waals surface area contributed by atoms with Crippen molar-refractivity contribution < 1.29 is 18.7 Å². The molecule has 4 heterocycles. The zero-order chi connectivity index (χ0) is 20.0. The minimum absolute atomic E-state index is 0.129. The van der Waals surface area contributed by atoms with Gasteiger partial charge in [-0.2, -0.15) is 0 Å². The number of aryl methyl sites for hydroxylation is 2. The van der Waals surface area contributed by atoms with Crippen molar-refractivity contribution in [2.24, 2.45) is 0 Å². The van der Waals surface area contributed by atoms with Crippen LogP contribution in [0, 0.1) is 13.8 Å². The molecule has 0 atom stereocenters. The molecule has 0 spiro atoms. The predicted molar refractivity (Wildman–Crippen MR) is 107 cm³/mol. The lowest BCUT2D eigenvalue weighted by Gasteiger charge is -2.29. The number of carbonyl (C=O) groups is 1. The second-order valence-electron chi connectivity index (χ2n) is 7.34. The Morgan fingerprint density at radius 3 is 2.86 bits per heavy atom. The van der Waals surface area contributed by atoms with Crippen LogP contribution in [0.3, 0.4) is 0 Å². The number of Topliss-reactive ketones (excluding diaryl/α,β-unsaturated/α-hetero) is 1. The highest BCUT2D eigenvalue weighted by atomic mass is 16.5. The summed E-state index contributed by atoms with van der Waals surface area (Å²) in [5.74, 6) is 2.88. The Balaban J connectivity index is 1.47. The number of benzene rings is 1. The maximum absolute atomic E-state index is 13.0. The number of aromatic nitrogens is 1. The van der Waals surface area contributed by atoms with E-state index >= 15 is 0 Å². The molecule has 6 heteroatoms. The number of pyridine rings is 1. The van der Waals surface area contributed by atoms with E-state index in [1.54, 1.807) is 12.3 Å². The van der Waals surface area contributed by atoms with Gasteiger partial charge in [0.1, 0.15) is 29.8 Å². The van der Waals surface area contributed by atoms with Crippen LogP contribution in [0.1, 0.15) is 38.7 Å². The Bertz CT molecular complexity index is 1130. The van der Waals surface area contributed by atoms with Crippen LogP contribution in [0.25, 0.3) is 6.08 Å². The van der Waals surface area contributed by atoms with Crippen molar-refractivity contribution >= 4 is 11.9 Å². The lowest BCUT2D eigenvalue weighted by Crippen LogP contribution is -2.32. The largest absolute Gasteiger partial charge is 0.478 e. The van der Waals surface area contributed by atoms with Crippen LogP contribution in [-0.4, -0.2) is 22.4 Å². The van der Waals surface area contributed by atoms with Crippen molar-refractivity contribution in [3.05, 3.63) is 82.3 Å². The quantitative estimate of drug-likeness (QED) is 0.625. The van der Waals surface area contributed by atoms with Gasteiger partial charge < -0.3 is 13.9 Å². The van der Waals surface area contributed by atoms with Gasteiger partial charge in [-0.25, -0.2) is 0 Å². The molecule has 5 rings (SSSR count). The average molecular weight is 388 g/mol. The van der Waals surface area contributed by atoms with Gasteiger partial charge in [-0.15, -0.1) is 0 Å². The van der Waals surface area contributed by atoms with Crippen LogP contribution in [0.4, 0.5) is 0 Å². The Hall–Kier alpha value is -3.38. The highest BCUT2D eigenvalue weighted by molar-refractivity contribution is 6.15. The van der Waals surface area contributed by atoms with Crippen LogP contribution in [0.5, 0.6) is 11.5 Å². The molecular weight excluding hydrogens is 368 g/mol. The molecule has 0 saturated carbocycles. The number of allylic oxidation sites excluding steroid dienone is 1. The second-order valence-corrected chi connectivity index (χ2v) is 7.34. The van der Waals surface area contributed by atoms with Gasteiger partial charge in [0.05, 0.1) is 16.8 Å². The Morgan fingerprint density at radius 1 is 1.21 bits per heavy atom. The van der Waals surface area contributed by atoms with Crippen molar-refractivity contribution in [1.29, 1.82) is 0 Å². The normalized spacial score (nSPS) is 17.0. The van der Waals surface area contributed by atoms with E-state index in [2.05, 4.69) is 9.88 Å². The summed E-state index contributed by atoms with van der Waals surface area (Å²) in [6, 6.07) is 11.5. The average Bonchev–Trinajstić information content (AvgIpc) is 3.27. The summed E-state index contributed by atoms with van der Waals surface area (Å²) in [7, 11) is 0. The Kier molecular flexibility index (Phi) is 4.21. The molecule has 2 aromatic heterocycles. The molecule has 0 fully saturated rings. The molecule has 2 aliphatic heterocycles. The number of carbonyl (C=O) groups excluding carboxylic acids is 1. The van der Waals surface area contributed by atoms with Gasteiger partial charge in [-0.3, -0.25) is 14.7 Å². The molecule has 3 aromatic rings. The molecule has 0 unspecified atom stereocenters. The maximum atomic E-state index is 13.0. The number of nitrogens with zero attached hydrogens (tertiary/aromatic N) is 2. The Labute approximate surface area is 168 Å². The first-order chi connectivity index (χ1) is 14.1. The third-order valence-corrected chi connectivity index (χ3v) is 5.13. The van der Waals surface area contributed by atoms with Crippen LogP contribution in [0.15, 0.2) is 52.8 Å². The van der Waals surface area contributed by atoms with Crippen molar-refractivity contribution in [3.8, 4) is 11.5 Å². The summed E-state index contributed by atoms with van der Waals surface area (Å²) in [6.45, 7) is 5.51. The van der Waals surface area contributed by atoms with Crippen molar-refractivity contribution in [1.82, 2.24) is 9.88 Å². The van der Waals surface area contributed by atoms with Crippen molar-refractivity contribution in [3.63, 3.8) is 0 Å². The van der Waals surface area contributed by atoms with Crippen LogP contribution in [0.2, 0.25) is 0 Å². The molecule has 0 N–H and O–H groups in total. The fraction of sp³-hybridized carbons (Fsp3) is 0.217. The summed E-state index contributed by atoms with van der Waals surface area (Å²) >= 11 is 0. The van der Waals surface area contributed by atoms with Crippen LogP contribution in [-0.2, 0) is 13.1 Å². The minimum Gasteiger partial charge on any atom is -0.478 e. The fourth-order valence-corrected chi connectivity index (χ4v) is 3.76. The van der Waals surface area contributed by atoms with Gasteiger partial charge in [0.25, 0.3) is 0 Å². The van der Waals surface area contributed by atoms with E-state index < -0.39 is 0 Å². The number of furan rings is 1. The molecule has 6 nitrogen and oxygen atoms in total. The van der Waals surface area contributed by atoms with E-state index in [-0.39, 0.29) is 11.5 Å². The highest BCUT2D eigenvalue weighted by Crippen LogP contribution is 2.44. The van der Waals surface area contributed by atoms with E-state index in [4.69, 9.17) is 13.9 Å². The summed E-state index contributed by atoms with van der Waals surface area (Å²) in [5, 5.41) is 0. The van der Waals surface area contributed by atoms with Gasteiger partial charge >= 0.3 is 0 Å². The number of hydrogen-bond donors (Lipinski definition) is 0. The number of ketones is 1. The second kappa shape index (κ2) is 6.90.